The zero-order chi connectivity index (χ0) is 18.5. The van der Waals surface area contributed by atoms with Crippen LogP contribution in [0.5, 0.6) is 0 Å². The number of nitrogens with one attached hydrogen (secondary N) is 2. The molecule has 26 heavy (non-hydrogen) atoms. The van der Waals surface area contributed by atoms with E-state index in [1.165, 1.54) is 0 Å². The van der Waals surface area contributed by atoms with Gasteiger partial charge < -0.3 is 5.32 Å². The zero-order valence-electron chi connectivity index (χ0n) is 13.6. The van der Waals surface area contributed by atoms with Gasteiger partial charge in [0.1, 0.15) is 0 Å². The van der Waals surface area contributed by atoms with Gasteiger partial charge in [0.2, 0.25) is 5.82 Å². The van der Waals surface area contributed by atoms with Gasteiger partial charge in [-0.3, -0.25) is 15.5 Å². The minimum Gasteiger partial charge on any atom is -0.302 e. The topological polar surface area (TPSA) is 113 Å². The van der Waals surface area contributed by atoms with Gasteiger partial charge in [-0.15, -0.1) is 0 Å². The fourth-order valence-electron chi connectivity index (χ4n) is 2.12. The molecule has 3 rings (SSSR count). The number of halogens is 1. The molecule has 0 spiro atoms. The molecule has 9 heteroatoms. The van der Waals surface area contributed by atoms with Gasteiger partial charge in [0.05, 0.1) is 5.69 Å². The van der Waals surface area contributed by atoms with E-state index in [1.807, 2.05) is 24.5 Å². The molecule has 0 radical (unpaired) electrons. The van der Waals surface area contributed by atoms with E-state index >= 15 is 0 Å². The molecule has 1 heterocycles. The average molecular weight is 372 g/mol. The van der Waals surface area contributed by atoms with Crippen LogP contribution >= 0.6 is 11.6 Å². The monoisotopic (exact) mass is 371 g/mol. The third-order valence-electron chi connectivity index (χ3n) is 3.41. The fourth-order valence-corrected chi connectivity index (χ4v) is 2.30. The molecule has 0 atom stereocenters. The maximum absolute atomic E-state index is 12.3. The molecule has 0 aliphatic rings. The van der Waals surface area contributed by atoms with E-state index in [-0.39, 0.29) is 17.3 Å². The largest absolute Gasteiger partial charge is 0.302 e. The fraction of sp³-hybridized carbons (Fsp3) is 0.0588. The van der Waals surface area contributed by atoms with Crippen LogP contribution in [-0.4, -0.2) is 27.3 Å². The number of amidine groups is 1. The van der Waals surface area contributed by atoms with E-state index in [0.717, 1.165) is 5.56 Å². The smallest absolute Gasteiger partial charge is 0.256 e. The summed E-state index contributed by atoms with van der Waals surface area (Å²) >= 11 is 5.92. The van der Waals surface area contributed by atoms with Gasteiger partial charge in [0, 0.05) is 10.6 Å². The summed E-state index contributed by atoms with van der Waals surface area (Å²) < 4.78 is 4.67. The lowest BCUT2D eigenvalue weighted by Gasteiger charge is -2.05. The molecule has 1 amide bonds. The summed E-state index contributed by atoms with van der Waals surface area (Å²) in [6, 6.07) is 13.7. The van der Waals surface area contributed by atoms with Crippen LogP contribution in [0.25, 0.3) is 0 Å². The summed E-state index contributed by atoms with van der Waals surface area (Å²) in [5.41, 5.74) is 3.90. The Kier molecular flexibility index (Phi) is 5.26. The van der Waals surface area contributed by atoms with E-state index in [4.69, 9.17) is 11.6 Å². The maximum Gasteiger partial charge on any atom is 0.256 e. The van der Waals surface area contributed by atoms with Crippen LogP contribution in [0.1, 0.15) is 21.6 Å². The molecule has 8 nitrogen and oxygen atoms in total. The molecule has 0 unspecified atom stereocenters. The number of aryl methyl sites for hydroxylation is 1. The number of carbonyl (C=O) groups excluding carboxylic acids is 1. The molecular formula is C17H14ClN5O3. The van der Waals surface area contributed by atoms with E-state index in [1.54, 1.807) is 36.4 Å². The number of nitrogens with zero attached hydrogens (tertiary/aromatic N) is 3. The first-order valence-electron chi connectivity index (χ1n) is 7.52. The Labute approximate surface area is 153 Å². The third-order valence-corrected chi connectivity index (χ3v) is 3.65. The van der Waals surface area contributed by atoms with Crippen LogP contribution in [0.4, 0.5) is 11.5 Å². The Balaban J connectivity index is 1.86. The van der Waals surface area contributed by atoms with Gasteiger partial charge >= 0.3 is 0 Å². The first-order valence-corrected chi connectivity index (χ1v) is 7.90. The quantitative estimate of drug-likeness (QED) is 0.368. The summed E-state index contributed by atoms with van der Waals surface area (Å²) in [6.07, 6.45) is 0. The highest BCUT2D eigenvalue weighted by Crippen LogP contribution is 2.20. The summed E-state index contributed by atoms with van der Waals surface area (Å²) in [4.78, 5) is 16.5. The number of carbonyl (C=O) groups is 1. The van der Waals surface area contributed by atoms with Crippen LogP contribution in [0.2, 0.25) is 5.02 Å². The molecule has 1 aromatic heterocycles. The second-order valence-electron chi connectivity index (χ2n) is 5.33. The second-order valence-corrected chi connectivity index (χ2v) is 5.77. The van der Waals surface area contributed by atoms with Crippen molar-refractivity contribution in [3.8, 4) is 0 Å². The highest BCUT2D eigenvalue weighted by Gasteiger charge is 2.19. The number of hydrogen-bond acceptors (Lipinski definition) is 6. The predicted octanol–water partition coefficient (Wildman–Crippen LogP) is 3.34. The predicted molar refractivity (Wildman–Crippen MR) is 96.0 cm³/mol. The molecular weight excluding hydrogens is 358 g/mol. The van der Waals surface area contributed by atoms with Gasteiger partial charge in [-0.2, -0.15) is 0 Å². The standard InChI is InChI=1S/C17H14ClN5O3/c1-10-5-7-11(8-6-10)17(24)20-16-14(22-26-23-16)15(21-25)19-13-4-2-3-12(18)9-13/h2-9,25H,1H3,(H,19,21)(H,20,23,24). The van der Waals surface area contributed by atoms with Crippen LogP contribution < -0.4 is 10.8 Å². The molecule has 0 bridgehead atoms. The van der Waals surface area contributed by atoms with Crippen molar-refractivity contribution in [2.24, 2.45) is 4.99 Å². The minimum absolute atomic E-state index is 0.0119. The highest BCUT2D eigenvalue weighted by molar-refractivity contribution is 6.30. The van der Waals surface area contributed by atoms with Crippen molar-refractivity contribution in [1.29, 1.82) is 0 Å². The normalized spacial score (nSPS) is 11.3. The lowest BCUT2D eigenvalue weighted by atomic mass is 10.1. The molecule has 0 saturated carbocycles. The Morgan fingerprint density at radius 3 is 2.65 bits per heavy atom. The molecule has 3 aromatic rings. The van der Waals surface area contributed by atoms with E-state index in [2.05, 4.69) is 25.3 Å². The van der Waals surface area contributed by atoms with Crippen molar-refractivity contribution >= 4 is 34.8 Å². The van der Waals surface area contributed by atoms with Crippen molar-refractivity contribution in [3.63, 3.8) is 0 Å². The molecule has 3 N–H and O–H groups in total. The van der Waals surface area contributed by atoms with Crippen LogP contribution in [0.15, 0.2) is 58.2 Å². The Morgan fingerprint density at radius 2 is 1.96 bits per heavy atom. The second kappa shape index (κ2) is 7.77. The van der Waals surface area contributed by atoms with E-state index in [9.17, 15) is 10.0 Å². The van der Waals surface area contributed by atoms with Gasteiger partial charge in [0.15, 0.2) is 11.5 Å². The van der Waals surface area contributed by atoms with Crippen molar-refractivity contribution in [1.82, 2.24) is 15.8 Å². The summed E-state index contributed by atoms with van der Waals surface area (Å²) in [7, 11) is 0. The number of anilines is 1. The van der Waals surface area contributed by atoms with E-state index in [0.29, 0.717) is 16.3 Å². The maximum atomic E-state index is 12.3. The van der Waals surface area contributed by atoms with Crippen LogP contribution in [-0.2, 0) is 0 Å². The number of hydrogen-bond donors (Lipinski definition) is 3. The molecule has 132 valence electrons. The number of aliphatic imine (C=N–C) groups is 1. The van der Waals surface area contributed by atoms with E-state index < -0.39 is 5.91 Å². The van der Waals surface area contributed by atoms with Crippen LogP contribution in [0.3, 0.4) is 0 Å². The first-order chi connectivity index (χ1) is 12.6. The number of amides is 1. The Bertz CT molecular complexity index is 953. The average Bonchev–Trinajstić information content (AvgIpc) is 3.08. The number of aromatic nitrogens is 2. The third kappa shape index (κ3) is 4.05. The SMILES string of the molecule is Cc1ccc(C(=O)Nc2nonc2C(=Nc2cccc(Cl)c2)NO)cc1. The van der Waals surface area contributed by atoms with Crippen molar-refractivity contribution < 1.29 is 14.6 Å². The molecule has 2 aromatic carbocycles. The number of rotatable bonds is 4. The Morgan fingerprint density at radius 1 is 1.19 bits per heavy atom. The number of hydroxylamine groups is 1. The lowest BCUT2D eigenvalue weighted by Crippen LogP contribution is -2.23. The lowest BCUT2D eigenvalue weighted by molar-refractivity contribution is 0.102. The van der Waals surface area contributed by atoms with Gasteiger partial charge in [-0.25, -0.2) is 9.62 Å². The summed E-state index contributed by atoms with van der Waals surface area (Å²) in [5.74, 6) is -0.451. The van der Waals surface area contributed by atoms with Crippen molar-refractivity contribution in [2.45, 2.75) is 6.92 Å². The van der Waals surface area contributed by atoms with Gasteiger partial charge in [-0.05, 0) is 47.6 Å². The van der Waals surface area contributed by atoms with Gasteiger partial charge in [0.25, 0.3) is 5.91 Å². The Hall–Kier alpha value is -3.23. The minimum atomic E-state index is -0.401. The first kappa shape index (κ1) is 17.6. The molecule has 0 aliphatic heterocycles. The molecule has 0 saturated heterocycles. The highest BCUT2D eigenvalue weighted by atomic mass is 35.5. The van der Waals surface area contributed by atoms with Crippen LogP contribution in [0, 0.1) is 6.92 Å². The van der Waals surface area contributed by atoms with Crippen molar-refractivity contribution in [2.75, 3.05) is 5.32 Å². The zero-order valence-corrected chi connectivity index (χ0v) is 14.4. The van der Waals surface area contributed by atoms with Crippen molar-refractivity contribution in [3.05, 3.63) is 70.4 Å². The molecule has 0 fully saturated rings. The number of benzene rings is 2. The van der Waals surface area contributed by atoms with Gasteiger partial charge in [-0.1, -0.05) is 35.4 Å². The molecule has 0 aliphatic carbocycles. The summed E-state index contributed by atoms with van der Waals surface area (Å²) in [6.45, 7) is 1.92. The summed E-state index contributed by atoms with van der Waals surface area (Å²) in [5, 5.41) is 19.8.